The van der Waals surface area contributed by atoms with Crippen LogP contribution in [-0.4, -0.2) is 55.6 Å². The molecule has 1 aliphatic rings. The van der Waals surface area contributed by atoms with Crippen molar-refractivity contribution in [2.45, 2.75) is 25.6 Å². The number of carbonyl (C=O) groups excluding carboxylic acids is 1. The van der Waals surface area contributed by atoms with Crippen LogP contribution in [0.25, 0.3) is 5.65 Å². The summed E-state index contributed by atoms with van der Waals surface area (Å²) < 4.78 is 14.7. The first kappa shape index (κ1) is 15.6. The van der Waals surface area contributed by atoms with Crippen LogP contribution < -0.4 is 10.1 Å². The van der Waals surface area contributed by atoms with Crippen molar-refractivity contribution in [3.63, 3.8) is 0 Å². The first-order valence-corrected chi connectivity index (χ1v) is 8.11. The molecule has 3 aromatic heterocycles. The lowest BCUT2D eigenvalue weighted by Gasteiger charge is -2.19. The number of fused-ring (bicyclic) bond motifs is 1. The van der Waals surface area contributed by atoms with E-state index in [4.69, 9.17) is 9.47 Å². The van der Waals surface area contributed by atoms with Crippen molar-refractivity contribution in [2.24, 2.45) is 0 Å². The smallest absolute Gasteiger partial charge is 0.270 e. The highest BCUT2D eigenvalue weighted by molar-refractivity contribution is 5.93. The third-order valence-electron chi connectivity index (χ3n) is 4.10. The molecular weight excluding hydrogens is 324 g/mol. The molecule has 9 nitrogen and oxygen atoms in total. The summed E-state index contributed by atoms with van der Waals surface area (Å²) >= 11 is 0. The van der Waals surface area contributed by atoms with E-state index in [9.17, 15) is 4.79 Å². The van der Waals surface area contributed by atoms with Gasteiger partial charge in [-0.05, 0) is 19.1 Å². The van der Waals surface area contributed by atoms with E-state index in [0.717, 1.165) is 6.54 Å². The average molecular weight is 342 g/mol. The van der Waals surface area contributed by atoms with E-state index in [1.54, 1.807) is 29.1 Å². The molecule has 25 heavy (non-hydrogen) atoms. The standard InChI is InChI=1S/C16H18N6O3/c1-2-21-7-11(6-18-21)25-14-9-24-8-12(14)20-16(23)13-4-3-5-15-17-10-19-22(13)15/h3-7,10,12,14H,2,8-9H2,1H3,(H,20,23)/t12-,14+/m0/s1. The van der Waals surface area contributed by atoms with Crippen molar-refractivity contribution < 1.29 is 14.3 Å². The molecule has 0 saturated carbocycles. The van der Waals surface area contributed by atoms with Gasteiger partial charge < -0.3 is 14.8 Å². The molecule has 1 saturated heterocycles. The highest BCUT2D eigenvalue weighted by atomic mass is 16.5. The van der Waals surface area contributed by atoms with Crippen molar-refractivity contribution in [3.05, 3.63) is 42.6 Å². The summed E-state index contributed by atoms with van der Waals surface area (Å²) in [6, 6.07) is 5.02. The average Bonchev–Trinajstić information content (AvgIpc) is 3.35. The van der Waals surface area contributed by atoms with Crippen LogP contribution in [0, 0.1) is 0 Å². The van der Waals surface area contributed by atoms with E-state index in [1.807, 2.05) is 13.1 Å². The molecule has 1 N–H and O–H groups in total. The molecule has 1 aliphatic heterocycles. The number of aryl methyl sites for hydroxylation is 1. The van der Waals surface area contributed by atoms with Crippen LogP contribution in [0.15, 0.2) is 36.9 Å². The number of hydrogen-bond acceptors (Lipinski definition) is 6. The fourth-order valence-corrected chi connectivity index (χ4v) is 2.80. The molecule has 1 fully saturated rings. The van der Waals surface area contributed by atoms with Crippen molar-refractivity contribution in [3.8, 4) is 5.75 Å². The SMILES string of the molecule is CCn1cc(O[C@@H]2COC[C@@H]2NC(=O)c2cccc3ncnn23)cn1. The second kappa shape index (κ2) is 6.52. The van der Waals surface area contributed by atoms with Gasteiger partial charge in [0.05, 0.1) is 31.6 Å². The van der Waals surface area contributed by atoms with E-state index < -0.39 is 0 Å². The number of carbonyl (C=O) groups is 1. The van der Waals surface area contributed by atoms with Crippen molar-refractivity contribution >= 4 is 11.6 Å². The minimum absolute atomic E-state index is 0.246. The van der Waals surface area contributed by atoms with Gasteiger partial charge in [-0.15, -0.1) is 0 Å². The predicted octanol–water partition coefficient (Wildman–Crippen LogP) is 0.522. The zero-order chi connectivity index (χ0) is 17.2. The molecule has 1 amide bonds. The molecule has 3 aromatic rings. The maximum atomic E-state index is 12.6. The molecule has 2 atom stereocenters. The first-order chi connectivity index (χ1) is 12.2. The lowest BCUT2D eigenvalue weighted by Crippen LogP contribution is -2.45. The Morgan fingerprint density at radius 2 is 2.32 bits per heavy atom. The van der Waals surface area contributed by atoms with Crippen molar-refractivity contribution in [1.29, 1.82) is 0 Å². The van der Waals surface area contributed by atoms with Gasteiger partial charge in [0.2, 0.25) is 0 Å². The number of aromatic nitrogens is 5. The van der Waals surface area contributed by atoms with Gasteiger partial charge in [-0.1, -0.05) is 6.07 Å². The molecular formula is C16H18N6O3. The zero-order valence-corrected chi connectivity index (χ0v) is 13.7. The Kier molecular flexibility index (Phi) is 4.06. The van der Waals surface area contributed by atoms with Crippen LogP contribution >= 0.6 is 0 Å². The summed E-state index contributed by atoms with van der Waals surface area (Å²) in [5, 5.41) is 11.2. The van der Waals surface area contributed by atoms with Crippen LogP contribution in [0.5, 0.6) is 5.75 Å². The number of nitrogens with one attached hydrogen (secondary N) is 1. The maximum absolute atomic E-state index is 12.6. The Bertz CT molecular complexity index is 889. The maximum Gasteiger partial charge on any atom is 0.270 e. The minimum atomic E-state index is -0.270. The molecule has 0 spiro atoms. The summed E-state index contributed by atoms with van der Waals surface area (Å²) in [7, 11) is 0. The summed E-state index contributed by atoms with van der Waals surface area (Å²) in [5.74, 6) is 0.416. The Hall–Kier alpha value is -2.94. The van der Waals surface area contributed by atoms with Crippen LogP contribution in [0.4, 0.5) is 0 Å². The van der Waals surface area contributed by atoms with Crippen LogP contribution in [0.1, 0.15) is 17.4 Å². The zero-order valence-electron chi connectivity index (χ0n) is 13.7. The predicted molar refractivity (Wildman–Crippen MR) is 87.4 cm³/mol. The van der Waals surface area contributed by atoms with Gasteiger partial charge in [0.1, 0.15) is 18.1 Å². The quantitative estimate of drug-likeness (QED) is 0.726. The lowest BCUT2D eigenvalue weighted by atomic mass is 10.2. The second-order valence-corrected chi connectivity index (χ2v) is 5.75. The van der Waals surface area contributed by atoms with Crippen LogP contribution in [0.2, 0.25) is 0 Å². The third-order valence-corrected chi connectivity index (χ3v) is 4.10. The first-order valence-electron chi connectivity index (χ1n) is 8.11. The summed E-state index contributed by atoms with van der Waals surface area (Å²) in [5.41, 5.74) is 1.04. The third kappa shape index (κ3) is 3.05. The number of nitrogens with zero attached hydrogens (tertiary/aromatic N) is 5. The van der Waals surface area contributed by atoms with Gasteiger partial charge in [-0.2, -0.15) is 10.2 Å². The van der Waals surface area contributed by atoms with E-state index in [1.165, 1.54) is 10.8 Å². The Balaban J connectivity index is 1.47. The Morgan fingerprint density at radius 1 is 1.40 bits per heavy atom. The number of ether oxygens (including phenoxy) is 2. The molecule has 0 bridgehead atoms. The largest absolute Gasteiger partial charge is 0.482 e. The number of pyridine rings is 1. The number of rotatable bonds is 5. The molecule has 4 heterocycles. The molecule has 9 heteroatoms. The minimum Gasteiger partial charge on any atom is -0.482 e. The topological polar surface area (TPSA) is 95.6 Å². The summed E-state index contributed by atoms with van der Waals surface area (Å²) in [6.07, 6.45) is 4.64. The Morgan fingerprint density at radius 3 is 3.16 bits per heavy atom. The van der Waals surface area contributed by atoms with Gasteiger partial charge >= 0.3 is 0 Å². The van der Waals surface area contributed by atoms with Crippen molar-refractivity contribution in [1.82, 2.24) is 29.7 Å². The van der Waals surface area contributed by atoms with Gasteiger partial charge in [-0.3, -0.25) is 9.48 Å². The second-order valence-electron chi connectivity index (χ2n) is 5.75. The molecule has 130 valence electrons. The fraction of sp³-hybridized carbons (Fsp3) is 0.375. The monoisotopic (exact) mass is 342 g/mol. The van der Waals surface area contributed by atoms with E-state index in [2.05, 4.69) is 20.5 Å². The highest BCUT2D eigenvalue weighted by Gasteiger charge is 2.32. The lowest BCUT2D eigenvalue weighted by molar-refractivity contribution is 0.0896. The fourth-order valence-electron chi connectivity index (χ4n) is 2.80. The van der Waals surface area contributed by atoms with Gasteiger partial charge in [0.15, 0.2) is 11.4 Å². The molecule has 0 unspecified atom stereocenters. The molecule has 0 aliphatic carbocycles. The van der Waals surface area contributed by atoms with Gasteiger partial charge in [0, 0.05) is 6.54 Å². The van der Waals surface area contributed by atoms with Gasteiger partial charge in [0.25, 0.3) is 5.91 Å². The molecule has 0 radical (unpaired) electrons. The van der Waals surface area contributed by atoms with E-state index >= 15 is 0 Å². The van der Waals surface area contributed by atoms with Crippen molar-refractivity contribution in [2.75, 3.05) is 13.2 Å². The highest BCUT2D eigenvalue weighted by Crippen LogP contribution is 2.17. The van der Waals surface area contributed by atoms with Crippen LogP contribution in [0.3, 0.4) is 0 Å². The Labute approximate surface area is 143 Å². The number of hydrogen-bond donors (Lipinski definition) is 1. The van der Waals surface area contributed by atoms with Gasteiger partial charge in [-0.25, -0.2) is 9.50 Å². The molecule has 0 aromatic carbocycles. The summed E-state index contributed by atoms with van der Waals surface area (Å²) in [6.45, 7) is 3.58. The number of amides is 1. The summed E-state index contributed by atoms with van der Waals surface area (Å²) in [4.78, 5) is 16.7. The van der Waals surface area contributed by atoms with E-state index in [-0.39, 0.29) is 18.1 Å². The van der Waals surface area contributed by atoms with Crippen LogP contribution in [-0.2, 0) is 11.3 Å². The normalized spacial score (nSPS) is 20.0. The molecule has 4 rings (SSSR count). The van der Waals surface area contributed by atoms with E-state index in [0.29, 0.717) is 30.3 Å².